The number of carbonyl (C=O) groups excluding carboxylic acids is 1. The van der Waals surface area contributed by atoms with Gasteiger partial charge in [-0.25, -0.2) is 4.79 Å². The van der Waals surface area contributed by atoms with Crippen molar-refractivity contribution in [1.29, 1.82) is 0 Å². The molecule has 0 aliphatic rings. The van der Waals surface area contributed by atoms with Crippen LogP contribution >= 0.6 is 0 Å². The number of nitro groups is 1. The van der Waals surface area contributed by atoms with E-state index >= 15 is 0 Å². The normalized spacial score (nSPS) is 10.4. The summed E-state index contributed by atoms with van der Waals surface area (Å²) in [6.07, 6.45) is 2.12. The molecule has 0 N–H and O–H groups in total. The van der Waals surface area contributed by atoms with Crippen LogP contribution in [0.4, 0.5) is 0 Å². The highest BCUT2D eigenvalue weighted by atomic mass is 16.6. The average molecular weight is 373 g/mol. The molecule has 0 saturated carbocycles. The van der Waals surface area contributed by atoms with Gasteiger partial charge in [0.05, 0.1) is 18.6 Å². The van der Waals surface area contributed by atoms with Crippen molar-refractivity contribution in [3.05, 3.63) is 64.3 Å². The first-order chi connectivity index (χ1) is 13.0. The van der Waals surface area contributed by atoms with E-state index in [1.165, 1.54) is 25.3 Å². The smallest absolute Gasteiger partial charge is 0.349 e. The third-order valence-corrected chi connectivity index (χ3v) is 3.29. The fourth-order valence-electron chi connectivity index (χ4n) is 2.11. The molecule has 0 spiro atoms. The molecule has 8 nitrogen and oxygen atoms in total. The minimum absolute atomic E-state index is 0.191. The lowest BCUT2D eigenvalue weighted by Gasteiger charge is -2.11. The van der Waals surface area contributed by atoms with Crippen LogP contribution in [0.5, 0.6) is 23.0 Å². The largest absolute Gasteiger partial charge is 0.494 e. The Morgan fingerprint density at radius 1 is 1.07 bits per heavy atom. The second kappa shape index (κ2) is 9.81. The van der Waals surface area contributed by atoms with E-state index in [1.807, 2.05) is 6.92 Å². The van der Waals surface area contributed by atoms with Crippen LogP contribution in [0, 0.1) is 10.1 Å². The number of methoxy groups -OCH3 is 1. The van der Waals surface area contributed by atoms with Gasteiger partial charge in [-0.3, -0.25) is 10.1 Å². The molecule has 0 aliphatic heterocycles. The minimum Gasteiger partial charge on any atom is -0.494 e. The first-order valence-electron chi connectivity index (χ1n) is 8.08. The Hall–Kier alpha value is -3.55. The molecule has 2 rings (SSSR count). The standard InChI is InChI=1S/C19H19NO7/c1-3-25-15-5-7-16(8-6-15)26-13-19(21)27-17-9-4-14(10-11-20(22)23)12-18(17)24-2/h4-12H,3,13H2,1-2H3/b11-10+. The van der Waals surface area contributed by atoms with E-state index in [0.29, 0.717) is 23.7 Å². The first kappa shape index (κ1) is 19.8. The maximum absolute atomic E-state index is 12.0. The van der Waals surface area contributed by atoms with Gasteiger partial charge in [0, 0.05) is 6.08 Å². The van der Waals surface area contributed by atoms with Gasteiger partial charge in [0.15, 0.2) is 18.1 Å². The molecule has 8 heteroatoms. The van der Waals surface area contributed by atoms with Crippen molar-refractivity contribution in [2.75, 3.05) is 20.3 Å². The lowest BCUT2D eigenvalue weighted by atomic mass is 10.2. The van der Waals surface area contributed by atoms with Crippen LogP contribution in [0.1, 0.15) is 12.5 Å². The maximum Gasteiger partial charge on any atom is 0.349 e. The third kappa shape index (κ3) is 6.35. The molecule has 2 aromatic carbocycles. The molecule has 142 valence electrons. The van der Waals surface area contributed by atoms with Crippen molar-refractivity contribution < 1.29 is 28.7 Å². The molecule has 0 atom stereocenters. The predicted octanol–water partition coefficient (Wildman–Crippen LogP) is 3.33. The minimum atomic E-state index is -0.615. The van der Waals surface area contributed by atoms with E-state index in [9.17, 15) is 14.9 Å². The van der Waals surface area contributed by atoms with Gasteiger partial charge in [0.1, 0.15) is 11.5 Å². The summed E-state index contributed by atoms with van der Waals surface area (Å²) in [4.78, 5) is 21.8. The summed E-state index contributed by atoms with van der Waals surface area (Å²) in [7, 11) is 1.41. The predicted molar refractivity (Wildman–Crippen MR) is 97.8 cm³/mol. The Bertz CT molecular complexity index is 815. The Labute approximate surface area is 156 Å². The summed E-state index contributed by atoms with van der Waals surface area (Å²) in [6, 6.07) is 11.4. The van der Waals surface area contributed by atoms with Crippen molar-refractivity contribution in [2.24, 2.45) is 0 Å². The van der Waals surface area contributed by atoms with Crippen LogP contribution in [0.25, 0.3) is 6.08 Å². The fraction of sp³-hybridized carbons (Fsp3) is 0.211. The molecule has 0 saturated heterocycles. The van der Waals surface area contributed by atoms with Gasteiger partial charge >= 0.3 is 5.97 Å². The average Bonchev–Trinajstić information content (AvgIpc) is 2.66. The fourth-order valence-corrected chi connectivity index (χ4v) is 2.11. The zero-order valence-electron chi connectivity index (χ0n) is 14.9. The SMILES string of the molecule is CCOc1ccc(OCC(=O)Oc2ccc(/C=C/[N+](=O)[O-])cc2OC)cc1. The maximum atomic E-state index is 12.0. The van der Waals surface area contributed by atoms with Gasteiger partial charge in [0.2, 0.25) is 6.20 Å². The highest BCUT2D eigenvalue weighted by Gasteiger charge is 2.12. The third-order valence-electron chi connectivity index (χ3n) is 3.29. The molecular formula is C19H19NO7. The second-order valence-electron chi connectivity index (χ2n) is 5.18. The molecule has 0 unspecified atom stereocenters. The summed E-state index contributed by atoms with van der Waals surface area (Å²) < 4.78 is 21.1. The molecule has 0 aliphatic carbocycles. The molecule has 0 amide bonds. The van der Waals surface area contributed by atoms with E-state index < -0.39 is 10.9 Å². The van der Waals surface area contributed by atoms with Crippen LogP contribution in [0.2, 0.25) is 0 Å². The van der Waals surface area contributed by atoms with Gasteiger partial charge in [-0.05, 0) is 48.9 Å². The lowest BCUT2D eigenvalue weighted by molar-refractivity contribution is -0.400. The molecule has 0 aromatic heterocycles. The zero-order valence-corrected chi connectivity index (χ0v) is 14.9. The van der Waals surface area contributed by atoms with Gasteiger partial charge in [-0.15, -0.1) is 0 Å². The number of hydrogen-bond acceptors (Lipinski definition) is 7. The highest BCUT2D eigenvalue weighted by molar-refractivity contribution is 5.75. The van der Waals surface area contributed by atoms with E-state index in [2.05, 4.69) is 0 Å². The lowest BCUT2D eigenvalue weighted by Crippen LogP contribution is -2.18. The van der Waals surface area contributed by atoms with E-state index in [0.717, 1.165) is 6.20 Å². The van der Waals surface area contributed by atoms with E-state index in [4.69, 9.17) is 18.9 Å². The second-order valence-corrected chi connectivity index (χ2v) is 5.18. The van der Waals surface area contributed by atoms with Crippen molar-refractivity contribution in [3.8, 4) is 23.0 Å². The molecule has 0 bridgehead atoms. The number of esters is 1. The number of benzene rings is 2. The highest BCUT2D eigenvalue weighted by Crippen LogP contribution is 2.28. The quantitative estimate of drug-likeness (QED) is 0.288. The van der Waals surface area contributed by atoms with E-state index in [1.54, 1.807) is 30.3 Å². The van der Waals surface area contributed by atoms with Crippen molar-refractivity contribution in [2.45, 2.75) is 6.92 Å². The molecule has 0 radical (unpaired) electrons. The summed E-state index contributed by atoms with van der Waals surface area (Å²) in [5.41, 5.74) is 0.536. The van der Waals surface area contributed by atoms with Crippen LogP contribution in [0.15, 0.2) is 48.7 Å². The van der Waals surface area contributed by atoms with Gasteiger partial charge in [-0.1, -0.05) is 6.07 Å². The number of ether oxygens (including phenoxy) is 4. The number of hydrogen-bond donors (Lipinski definition) is 0. The number of carbonyl (C=O) groups is 1. The molecule has 0 heterocycles. The number of rotatable bonds is 9. The molecule has 27 heavy (non-hydrogen) atoms. The topological polar surface area (TPSA) is 97.1 Å². The summed E-state index contributed by atoms with van der Waals surface area (Å²) in [5.74, 6) is 1.06. The Morgan fingerprint density at radius 3 is 2.33 bits per heavy atom. The van der Waals surface area contributed by atoms with Crippen LogP contribution < -0.4 is 18.9 Å². The van der Waals surface area contributed by atoms with Gasteiger partial charge in [0.25, 0.3) is 0 Å². The monoisotopic (exact) mass is 373 g/mol. The van der Waals surface area contributed by atoms with Crippen molar-refractivity contribution in [1.82, 2.24) is 0 Å². The van der Waals surface area contributed by atoms with E-state index in [-0.39, 0.29) is 18.1 Å². The molecule has 2 aromatic rings. The summed E-state index contributed by atoms with van der Waals surface area (Å²) in [5, 5.41) is 10.4. The molecule has 0 fully saturated rings. The van der Waals surface area contributed by atoms with Gasteiger partial charge in [-0.2, -0.15) is 0 Å². The zero-order chi connectivity index (χ0) is 19.6. The molecular weight excluding hydrogens is 354 g/mol. The number of nitrogens with zero attached hydrogens (tertiary/aromatic N) is 1. The first-order valence-corrected chi connectivity index (χ1v) is 8.08. The Kier molecular flexibility index (Phi) is 7.18. The van der Waals surface area contributed by atoms with Gasteiger partial charge < -0.3 is 18.9 Å². The van der Waals surface area contributed by atoms with Crippen LogP contribution in [0.3, 0.4) is 0 Å². The Balaban J connectivity index is 1.95. The van der Waals surface area contributed by atoms with Crippen LogP contribution in [-0.2, 0) is 4.79 Å². The summed E-state index contributed by atoms with van der Waals surface area (Å²) in [6.45, 7) is 2.16. The Morgan fingerprint density at radius 2 is 1.74 bits per heavy atom. The van der Waals surface area contributed by atoms with Crippen molar-refractivity contribution >= 4 is 12.0 Å². The van der Waals surface area contributed by atoms with Crippen LogP contribution in [-0.4, -0.2) is 31.2 Å². The van der Waals surface area contributed by atoms with Crippen molar-refractivity contribution in [3.63, 3.8) is 0 Å². The summed E-state index contributed by atoms with van der Waals surface area (Å²) >= 11 is 0.